The van der Waals surface area contributed by atoms with Crippen molar-refractivity contribution in [3.8, 4) is 0 Å². The maximum Gasteiger partial charge on any atom is 0.133 e. The molecule has 0 aliphatic heterocycles. The van der Waals surface area contributed by atoms with Gasteiger partial charge in [-0.05, 0) is 31.7 Å². The topological polar surface area (TPSA) is 28.2 Å². The predicted molar refractivity (Wildman–Crippen MR) is 76.9 cm³/mol. The van der Waals surface area contributed by atoms with Gasteiger partial charge in [-0.3, -0.25) is 0 Å². The summed E-state index contributed by atoms with van der Waals surface area (Å²) in [5.41, 5.74) is 1.34. The molecule has 3 heteroatoms. The molecule has 0 radical (unpaired) electrons. The van der Waals surface area contributed by atoms with Crippen LogP contribution in [-0.2, 0) is 6.54 Å². The lowest BCUT2D eigenvalue weighted by Crippen LogP contribution is -2.28. The van der Waals surface area contributed by atoms with Gasteiger partial charge in [0.05, 0.1) is 0 Å². The highest BCUT2D eigenvalue weighted by Crippen LogP contribution is 2.22. The molecule has 1 aliphatic carbocycles. The van der Waals surface area contributed by atoms with E-state index in [-0.39, 0.29) is 0 Å². The van der Waals surface area contributed by atoms with Crippen molar-refractivity contribution in [3.63, 3.8) is 0 Å². The minimum atomic E-state index is 0.754. The maximum absolute atomic E-state index is 4.60. The Balaban J connectivity index is 2.06. The van der Waals surface area contributed by atoms with Crippen LogP contribution in [0.5, 0.6) is 0 Å². The summed E-state index contributed by atoms with van der Waals surface area (Å²) >= 11 is 0. The zero-order valence-corrected chi connectivity index (χ0v) is 11.7. The third kappa shape index (κ3) is 3.70. The molecule has 2 rings (SSSR count). The first-order valence-electron chi connectivity index (χ1n) is 7.27. The molecule has 0 unspecified atom stereocenters. The van der Waals surface area contributed by atoms with Crippen molar-refractivity contribution < 1.29 is 0 Å². The molecule has 0 spiro atoms. The Morgan fingerprint density at radius 2 is 2.00 bits per heavy atom. The standard InChI is InChI=1S/C15H25N3/c1-3-10-18(11-4-2)15-13(6-5-9-16-15)12-17-14-7-8-14/h5-6,9,14,17H,3-4,7-8,10-12H2,1-2H3. The van der Waals surface area contributed by atoms with Crippen molar-refractivity contribution in [2.75, 3.05) is 18.0 Å². The van der Waals surface area contributed by atoms with Crippen LogP contribution in [0.1, 0.15) is 45.1 Å². The minimum Gasteiger partial charge on any atom is -0.356 e. The van der Waals surface area contributed by atoms with Crippen LogP contribution in [0.2, 0.25) is 0 Å². The summed E-state index contributed by atoms with van der Waals surface area (Å²) in [7, 11) is 0. The highest BCUT2D eigenvalue weighted by Gasteiger charge is 2.21. The van der Waals surface area contributed by atoms with Gasteiger partial charge in [0.2, 0.25) is 0 Å². The quantitative estimate of drug-likeness (QED) is 0.765. The SMILES string of the molecule is CCCN(CCC)c1ncccc1CNC1CC1. The zero-order valence-electron chi connectivity index (χ0n) is 11.7. The number of rotatable bonds is 8. The second-order valence-electron chi connectivity index (χ2n) is 5.13. The van der Waals surface area contributed by atoms with Gasteiger partial charge in [-0.15, -0.1) is 0 Å². The molecular weight excluding hydrogens is 222 g/mol. The van der Waals surface area contributed by atoms with E-state index < -0.39 is 0 Å². The fraction of sp³-hybridized carbons (Fsp3) is 0.667. The molecule has 0 atom stereocenters. The summed E-state index contributed by atoms with van der Waals surface area (Å²) in [6.07, 6.45) is 6.93. The fourth-order valence-corrected chi connectivity index (χ4v) is 2.26. The van der Waals surface area contributed by atoms with Crippen LogP contribution >= 0.6 is 0 Å². The molecule has 0 saturated heterocycles. The van der Waals surface area contributed by atoms with Crippen molar-refractivity contribution in [2.24, 2.45) is 0 Å². The number of hydrogen-bond donors (Lipinski definition) is 1. The van der Waals surface area contributed by atoms with Crippen molar-refractivity contribution in [1.29, 1.82) is 0 Å². The molecule has 0 bridgehead atoms. The number of anilines is 1. The van der Waals surface area contributed by atoms with Gasteiger partial charge in [0.25, 0.3) is 0 Å². The first-order valence-corrected chi connectivity index (χ1v) is 7.27. The predicted octanol–water partition coefficient (Wildman–Crippen LogP) is 2.96. The van der Waals surface area contributed by atoms with Crippen molar-refractivity contribution in [3.05, 3.63) is 23.9 Å². The van der Waals surface area contributed by atoms with Crippen LogP contribution in [0.3, 0.4) is 0 Å². The average Bonchev–Trinajstić information content (AvgIpc) is 3.21. The third-order valence-corrected chi connectivity index (χ3v) is 3.31. The van der Waals surface area contributed by atoms with E-state index >= 15 is 0 Å². The number of nitrogens with one attached hydrogen (secondary N) is 1. The van der Waals surface area contributed by atoms with Gasteiger partial charge < -0.3 is 10.2 Å². The van der Waals surface area contributed by atoms with Gasteiger partial charge in [-0.1, -0.05) is 19.9 Å². The van der Waals surface area contributed by atoms with Crippen LogP contribution in [-0.4, -0.2) is 24.1 Å². The smallest absolute Gasteiger partial charge is 0.133 e. The highest BCUT2D eigenvalue weighted by molar-refractivity contribution is 5.46. The average molecular weight is 247 g/mol. The van der Waals surface area contributed by atoms with Gasteiger partial charge in [0.15, 0.2) is 0 Å². The molecule has 18 heavy (non-hydrogen) atoms. The molecule has 1 N–H and O–H groups in total. The lowest BCUT2D eigenvalue weighted by atomic mass is 10.2. The van der Waals surface area contributed by atoms with Crippen LogP contribution in [0.15, 0.2) is 18.3 Å². The van der Waals surface area contributed by atoms with E-state index in [9.17, 15) is 0 Å². The van der Waals surface area contributed by atoms with E-state index in [1.807, 2.05) is 12.3 Å². The molecule has 1 heterocycles. The van der Waals surface area contributed by atoms with Crippen molar-refractivity contribution in [2.45, 2.75) is 52.1 Å². The molecule has 100 valence electrons. The summed E-state index contributed by atoms with van der Waals surface area (Å²) in [4.78, 5) is 7.02. The van der Waals surface area contributed by atoms with Crippen LogP contribution in [0.4, 0.5) is 5.82 Å². The summed E-state index contributed by atoms with van der Waals surface area (Å²) in [5.74, 6) is 1.18. The summed E-state index contributed by atoms with van der Waals surface area (Å²) in [6, 6.07) is 5.00. The number of hydrogen-bond acceptors (Lipinski definition) is 3. The van der Waals surface area contributed by atoms with Gasteiger partial charge in [0.1, 0.15) is 5.82 Å². The number of nitrogens with zero attached hydrogens (tertiary/aromatic N) is 2. The van der Waals surface area contributed by atoms with Crippen LogP contribution < -0.4 is 10.2 Å². The van der Waals surface area contributed by atoms with E-state index in [1.165, 1.54) is 37.1 Å². The second kappa shape index (κ2) is 6.74. The first-order chi connectivity index (χ1) is 8.85. The van der Waals surface area contributed by atoms with E-state index in [0.29, 0.717) is 0 Å². The first kappa shape index (κ1) is 13.3. The molecule has 0 amide bonds. The molecule has 3 nitrogen and oxygen atoms in total. The van der Waals surface area contributed by atoms with Gasteiger partial charge in [0, 0.05) is 37.4 Å². The minimum absolute atomic E-state index is 0.754. The van der Waals surface area contributed by atoms with E-state index in [0.717, 1.165) is 25.7 Å². The van der Waals surface area contributed by atoms with Gasteiger partial charge >= 0.3 is 0 Å². The Kier molecular flexibility index (Phi) is 5.00. The molecule has 1 aliphatic rings. The van der Waals surface area contributed by atoms with Crippen LogP contribution in [0.25, 0.3) is 0 Å². The monoisotopic (exact) mass is 247 g/mol. The third-order valence-electron chi connectivity index (χ3n) is 3.31. The Morgan fingerprint density at radius 1 is 1.28 bits per heavy atom. The molecular formula is C15H25N3. The Hall–Kier alpha value is -1.09. The lowest BCUT2D eigenvalue weighted by Gasteiger charge is -2.25. The molecule has 1 aromatic rings. The highest BCUT2D eigenvalue weighted by atomic mass is 15.2. The molecule has 1 fully saturated rings. The second-order valence-corrected chi connectivity index (χ2v) is 5.13. The lowest BCUT2D eigenvalue weighted by molar-refractivity contribution is 0.673. The van der Waals surface area contributed by atoms with E-state index in [1.54, 1.807) is 0 Å². The number of aromatic nitrogens is 1. The van der Waals surface area contributed by atoms with Gasteiger partial charge in [-0.25, -0.2) is 4.98 Å². The maximum atomic E-state index is 4.60. The largest absolute Gasteiger partial charge is 0.356 e. The Morgan fingerprint density at radius 3 is 2.61 bits per heavy atom. The van der Waals surface area contributed by atoms with Gasteiger partial charge in [-0.2, -0.15) is 0 Å². The molecule has 1 saturated carbocycles. The van der Waals surface area contributed by atoms with Crippen molar-refractivity contribution >= 4 is 5.82 Å². The Labute approximate surface area is 111 Å². The Bertz CT molecular complexity index is 355. The van der Waals surface area contributed by atoms with Crippen molar-refractivity contribution in [1.82, 2.24) is 10.3 Å². The summed E-state index contributed by atoms with van der Waals surface area (Å²) in [5, 5.41) is 3.59. The molecule has 0 aromatic carbocycles. The summed E-state index contributed by atoms with van der Waals surface area (Å²) in [6.45, 7) is 7.61. The van der Waals surface area contributed by atoms with Crippen LogP contribution in [0, 0.1) is 0 Å². The van der Waals surface area contributed by atoms with E-state index in [2.05, 4.69) is 35.1 Å². The normalized spacial score (nSPS) is 14.8. The molecule has 1 aromatic heterocycles. The number of pyridine rings is 1. The summed E-state index contributed by atoms with van der Waals surface area (Å²) < 4.78 is 0. The van der Waals surface area contributed by atoms with E-state index in [4.69, 9.17) is 0 Å². The fourth-order valence-electron chi connectivity index (χ4n) is 2.26. The zero-order chi connectivity index (χ0) is 12.8.